The maximum absolute atomic E-state index is 12.9. The molecule has 4 rings (SSSR count). The molecular weight excluding hydrogens is 418 g/mol. The van der Waals surface area contributed by atoms with Crippen LogP contribution in [-0.2, 0) is 10.0 Å². The monoisotopic (exact) mass is 433 g/mol. The number of rotatable bonds is 6. The molecule has 1 aliphatic heterocycles. The van der Waals surface area contributed by atoms with Crippen LogP contribution in [-0.4, -0.2) is 56.4 Å². The standard InChI is InChI=1S/C17H15N5O5S2/c1-2-27-13-9-8-12(23)15-14(13)16(24)21(29(15,25)26)10-28-17-18-19-20-22(17)11-6-4-3-5-7-11/h3-9,23H,2,10H2,1H3. The highest BCUT2D eigenvalue weighted by Crippen LogP contribution is 2.42. The minimum atomic E-state index is -4.24. The lowest BCUT2D eigenvalue weighted by Gasteiger charge is -2.14. The van der Waals surface area contributed by atoms with Crippen molar-refractivity contribution in [3.05, 3.63) is 48.0 Å². The molecule has 10 nitrogen and oxygen atoms in total. The second-order valence-electron chi connectivity index (χ2n) is 5.86. The van der Waals surface area contributed by atoms with Crippen LogP contribution in [0.2, 0.25) is 0 Å². The number of nitrogens with zero attached hydrogens (tertiary/aromatic N) is 5. The van der Waals surface area contributed by atoms with Gasteiger partial charge in [0.1, 0.15) is 22.0 Å². The van der Waals surface area contributed by atoms with Gasteiger partial charge in [-0.2, -0.15) is 4.68 Å². The van der Waals surface area contributed by atoms with Crippen LogP contribution in [0.15, 0.2) is 52.5 Å². The van der Waals surface area contributed by atoms with Crippen molar-refractivity contribution < 1.29 is 23.1 Å². The Balaban J connectivity index is 1.65. The molecule has 29 heavy (non-hydrogen) atoms. The molecule has 1 aromatic heterocycles. The van der Waals surface area contributed by atoms with E-state index in [1.165, 1.54) is 16.8 Å². The van der Waals surface area contributed by atoms with Gasteiger partial charge in [0.2, 0.25) is 5.16 Å². The number of tetrazole rings is 1. The third-order valence-electron chi connectivity index (χ3n) is 4.14. The summed E-state index contributed by atoms with van der Waals surface area (Å²) in [5, 5.41) is 21.8. The van der Waals surface area contributed by atoms with Crippen molar-refractivity contribution in [1.82, 2.24) is 24.5 Å². The third kappa shape index (κ3) is 3.19. The summed E-state index contributed by atoms with van der Waals surface area (Å²) in [7, 11) is -4.24. The first-order valence-corrected chi connectivity index (χ1v) is 10.9. The van der Waals surface area contributed by atoms with Crippen molar-refractivity contribution in [3.63, 3.8) is 0 Å². The Morgan fingerprint density at radius 1 is 1.17 bits per heavy atom. The van der Waals surface area contributed by atoms with Crippen LogP contribution in [0.4, 0.5) is 0 Å². The number of hydrogen-bond donors (Lipinski definition) is 1. The minimum Gasteiger partial charge on any atom is -0.506 e. The molecule has 0 atom stereocenters. The number of ether oxygens (including phenoxy) is 1. The van der Waals surface area contributed by atoms with Crippen molar-refractivity contribution in [2.75, 3.05) is 12.5 Å². The lowest BCUT2D eigenvalue weighted by atomic mass is 10.1. The second kappa shape index (κ2) is 7.37. The number of para-hydroxylation sites is 1. The van der Waals surface area contributed by atoms with Crippen molar-refractivity contribution in [1.29, 1.82) is 0 Å². The maximum atomic E-state index is 12.9. The van der Waals surface area contributed by atoms with Gasteiger partial charge in [-0.1, -0.05) is 30.0 Å². The van der Waals surface area contributed by atoms with E-state index >= 15 is 0 Å². The van der Waals surface area contributed by atoms with E-state index in [-0.39, 0.29) is 23.8 Å². The van der Waals surface area contributed by atoms with Crippen molar-refractivity contribution in [2.45, 2.75) is 17.0 Å². The summed E-state index contributed by atoms with van der Waals surface area (Å²) in [6, 6.07) is 11.6. The van der Waals surface area contributed by atoms with Crippen LogP contribution in [0.1, 0.15) is 17.3 Å². The molecule has 0 spiro atoms. The predicted molar refractivity (Wildman–Crippen MR) is 103 cm³/mol. The fraction of sp³-hybridized carbons (Fsp3) is 0.176. The van der Waals surface area contributed by atoms with Crippen LogP contribution in [0.25, 0.3) is 5.69 Å². The normalized spacial score (nSPS) is 14.8. The molecule has 3 aromatic rings. The lowest BCUT2D eigenvalue weighted by molar-refractivity contribution is 0.0883. The molecule has 0 saturated carbocycles. The summed E-state index contributed by atoms with van der Waals surface area (Å²) in [6.07, 6.45) is 0. The van der Waals surface area contributed by atoms with Gasteiger partial charge in [0.15, 0.2) is 0 Å². The number of hydrogen-bond acceptors (Lipinski definition) is 9. The predicted octanol–water partition coefficient (Wildman–Crippen LogP) is 1.66. The molecule has 12 heteroatoms. The molecular formula is C17H15N5O5S2. The molecule has 1 amide bonds. The summed E-state index contributed by atoms with van der Waals surface area (Å²) >= 11 is 0.978. The summed E-state index contributed by atoms with van der Waals surface area (Å²) in [5.74, 6) is -1.44. The molecule has 0 saturated heterocycles. The van der Waals surface area contributed by atoms with E-state index in [4.69, 9.17) is 4.74 Å². The SMILES string of the molecule is CCOc1ccc(O)c2c1C(=O)N(CSc1nnnn1-c1ccccc1)S2(=O)=O. The van der Waals surface area contributed by atoms with E-state index in [1.807, 2.05) is 18.2 Å². The number of aromatic hydroxyl groups is 1. The Labute approximate surface area is 170 Å². The number of amides is 1. The van der Waals surface area contributed by atoms with Crippen LogP contribution < -0.4 is 4.74 Å². The largest absolute Gasteiger partial charge is 0.506 e. The first-order valence-electron chi connectivity index (χ1n) is 8.47. The second-order valence-corrected chi connectivity index (χ2v) is 8.57. The van der Waals surface area contributed by atoms with Crippen LogP contribution >= 0.6 is 11.8 Å². The van der Waals surface area contributed by atoms with E-state index < -0.39 is 26.6 Å². The van der Waals surface area contributed by atoms with Crippen LogP contribution in [0.5, 0.6) is 11.5 Å². The highest BCUT2D eigenvalue weighted by atomic mass is 32.2. The first kappa shape index (κ1) is 19.2. The van der Waals surface area contributed by atoms with Gasteiger partial charge in [-0.05, 0) is 41.6 Å². The average molecular weight is 433 g/mol. The Bertz CT molecular complexity index is 1180. The third-order valence-corrected chi connectivity index (χ3v) is 7.01. The zero-order valence-corrected chi connectivity index (χ0v) is 16.7. The quantitative estimate of drug-likeness (QED) is 0.577. The molecule has 0 bridgehead atoms. The smallest absolute Gasteiger partial charge is 0.273 e. The Morgan fingerprint density at radius 2 is 1.93 bits per heavy atom. The number of phenolic OH excluding ortho intramolecular Hbond substituents is 1. The summed E-state index contributed by atoms with van der Waals surface area (Å²) < 4.78 is 33.3. The van der Waals surface area contributed by atoms with E-state index in [1.54, 1.807) is 19.1 Å². The fourth-order valence-electron chi connectivity index (χ4n) is 2.88. The Kier molecular flexibility index (Phi) is 4.88. The minimum absolute atomic E-state index is 0.107. The zero-order valence-electron chi connectivity index (χ0n) is 15.1. The van der Waals surface area contributed by atoms with Gasteiger partial charge in [-0.25, -0.2) is 12.7 Å². The van der Waals surface area contributed by atoms with Gasteiger partial charge in [0, 0.05) is 0 Å². The van der Waals surface area contributed by atoms with Crippen LogP contribution in [0, 0.1) is 0 Å². The van der Waals surface area contributed by atoms with Gasteiger partial charge in [0.25, 0.3) is 15.9 Å². The summed E-state index contributed by atoms with van der Waals surface area (Å²) in [5.41, 5.74) is 0.519. The summed E-state index contributed by atoms with van der Waals surface area (Å²) in [6.45, 7) is 1.95. The number of fused-ring (bicyclic) bond motifs is 1. The fourth-order valence-corrected chi connectivity index (χ4v) is 5.61. The number of phenols is 1. The molecule has 0 radical (unpaired) electrons. The molecule has 0 unspecified atom stereocenters. The number of aromatic nitrogens is 4. The number of carbonyl (C=O) groups excluding carboxylic acids is 1. The average Bonchev–Trinajstić information content (AvgIpc) is 3.25. The molecule has 0 aliphatic carbocycles. The molecule has 150 valence electrons. The highest BCUT2D eigenvalue weighted by Gasteiger charge is 2.46. The van der Waals surface area contributed by atoms with E-state index in [0.29, 0.717) is 15.1 Å². The number of carbonyl (C=O) groups is 1. The molecule has 2 aromatic carbocycles. The summed E-state index contributed by atoms with van der Waals surface area (Å²) in [4.78, 5) is 12.4. The van der Waals surface area contributed by atoms with Crippen LogP contribution in [0.3, 0.4) is 0 Å². The first-order chi connectivity index (χ1) is 13.9. The van der Waals surface area contributed by atoms with Gasteiger partial charge in [-0.3, -0.25) is 4.79 Å². The number of sulfonamides is 1. The highest BCUT2D eigenvalue weighted by molar-refractivity contribution is 8.00. The zero-order chi connectivity index (χ0) is 20.6. The topological polar surface area (TPSA) is 128 Å². The molecule has 1 N–H and O–H groups in total. The van der Waals surface area contributed by atoms with E-state index in [9.17, 15) is 18.3 Å². The van der Waals surface area contributed by atoms with Gasteiger partial charge in [0.05, 0.1) is 18.2 Å². The lowest BCUT2D eigenvalue weighted by Crippen LogP contribution is -2.29. The Hall–Kier alpha value is -3.12. The van der Waals surface area contributed by atoms with Gasteiger partial charge >= 0.3 is 0 Å². The van der Waals surface area contributed by atoms with E-state index in [0.717, 1.165) is 11.8 Å². The maximum Gasteiger partial charge on any atom is 0.273 e. The van der Waals surface area contributed by atoms with Crippen molar-refractivity contribution in [2.24, 2.45) is 0 Å². The molecule has 0 fully saturated rings. The number of thioether (sulfide) groups is 1. The Morgan fingerprint density at radius 3 is 2.66 bits per heavy atom. The number of benzene rings is 2. The van der Waals surface area contributed by atoms with Gasteiger partial charge in [-0.15, -0.1) is 5.10 Å². The molecule has 1 aliphatic rings. The van der Waals surface area contributed by atoms with Gasteiger partial charge < -0.3 is 9.84 Å². The molecule has 2 heterocycles. The van der Waals surface area contributed by atoms with Crippen molar-refractivity contribution in [3.8, 4) is 17.2 Å². The van der Waals surface area contributed by atoms with Crippen molar-refractivity contribution >= 4 is 27.7 Å². The van der Waals surface area contributed by atoms with E-state index in [2.05, 4.69) is 15.5 Å².